The topological polar surface area (TPSA) is 18.5 Å². The minimum Gasteiger partial charge on any atom is -0.352 e. The lowest BCUT2D eigenvalue weighted by atomic mass is 9.94. The molecule has 2 nitrogen and oxygen atoms in total. The SMILES string of the molecule is C=CCCC1OCC(c2ccc(-c3ccc(-c4ccc(CCCCCCC)c(F)c4F)cc3)cc2F)CO1. The van der Waals surface area contributed by atoms with Crippen molar-refractivity contribution in [1.82, 2.24) is 0 Å². The van der Waals surface area contributed by atoms with Crippen molar-refractivity contribution in [3.63, 3.8) is 0 Å². The van der Waals surface area contributed by atoms with Gasteiger partial charge < -0.3 is 9.47 Å². The van der Waals surface area contributed by atoms with Crippen molar-refractivity contribution in [2.75, 3.05) is 13.2 Å². The molecule has 0 spiro atoms. The highest BCUT2D eigenvalue weighted by Gasteiger charge is 2.25. The summed E-state index contributed by atoms with van der Waals surface area (Å²) in [6, 6.07) is 15.6. The van der Waals surface area contributed by atoms with Crippen LogP contribution in [-0.4, -0.2) is 19.5 Å². The first-order valence-electron chi connectivity index (χ1n) is 13.7. The Hall–Kier alpha value is -2.89. The Kier molecular flexibility index (Phi) is 10.2. The van der Waals surface area contributed by atoms with Crippen LogP contribution in [0.25, 0.3) is 22.3 Å². The molecule has 0 atom stereocenters. The van der Waals surface area contributed by atoms with Crippen molar-refractivity contribution in [3.05, 3.63) is 95.8 Å². The maximum atomic E-state index is 15.0. The molecule has 0 aliphatic carbocycles. The first-order valence-corrected chi connectivity index (χ1v) is 13.7. The Morgan fingerprint density at radius 1 is 0.816 bits per heavy atom. The second-order valence-corrected chi connectivity index (χ2v) is 10.0. The minimum absolute atomic E-state index is 0.163. The van der Waals surface area contributed by atoms with E-state index < -0.39 is 11.6 Å². The van der Waals surface area contributed by atoms with Crippen LogP contribution in [0.1, 0.15) is 68.9 Å². The zero-order valence-electron chi connectivity index (χ0n) is 22.2. The van der Waals surface area contributed by atoms with Gasteiger partial charge in [0.05, 0.1) is 13.2 Å². The highest BCUT2D eigenvalue weighted by Crippen LogP contribution is 2.32. The van der Waals surface area contributed by atoms with E-state index in [1.807, 2.05) is 12.1 Å². The molecule has 0 aromatic heterocycles. The molecule has 1 saturated heterocycles. The van der Waals surface area contributed by atoms with Crippen LogP contribution >= 0.6 is 0 Å². The number of benzene rings is 3. The van der Waals surface area contributed by atoms with Gasteiger partial charge in [-0.05, 0) is 53.1 Å². The molecule has 202 valence electrons. The van der Waals surface area contributed by atoms with Crippen molar-refractivity contribution < 1.29 is 22.6 Å². The minimum atomic E-state index is -0.817. The molecule has 1 fully saturated rings. The van der Waals surface area contributed by atoms with Crippen molar-refractivity contribution in [2.45, 2.75) is 70.5 Å². The summed E-state index contributed by atoms with van der Waals surface area (Å²) in [5.41, 5.74) is 3.31. The van der Waals surface area contributed by atoms with Crippen molar-refractivity contribution >= 4 is 0 Å². The second kappa shape index (κ2) is 13.8. The number of aryl methyl sites for hydroxylation is 1. The molecule has 4 rings (SSSR count). The van der Waals surface area contributed by atoms with Gasteiger partial charge in [0.1, 0.15) is 5.82 Å². The molecule has 0 amide bonds. The van der Waals surface area contributed by atoms with Gasteiger partial charge in [-0.15, -0.1) is 6.58 Å². The molecule has 0 radical (unpaired) electrons. The highest BCUT2D eigenvalue weighted by molar-refractivity contribution is 5.71. The second-order valence-electron chi connectivity index (χ2n) is 10.0. The Morgan fingerprint density at radius 2 is 1.50 bits per heavy atom. The maximum absolute atomic E-state index is 15.0. The van der Waals surface area contributed by atoms with Gasteiger partial charge in [-0.25, -0.2) is 13.2 Å². The number of halogens is 3. The molecule has 3 aromatic rings. The molecule has 0 saturated carbocycles. The number of rotatable bonds is 12. The summed E-state index contributed by atoms with van der Waals surface area (Å²) in [5, 5.41) is 0. The molecule has 0 bridgehead atoms. The quantitative estimate of drug-likeness (QED) is 0.174. The van der Waals surface area contributed by atoms with Crippen LogP contribution in [0.3, 0.4) is 0 Å². The normalized spacial score (nSPS) is 17.5. The average molecular weight is 523 g/mol. The molecule has 0 N–H and O–H groups in total. The van der Waals surface area contributed by atoms with Gasteiger partial charge in [-0.3, -0.25) is 0 Å². The number of hydrogen-bond donors (Lipinski definition) is 0. The van der Waals surface area contributed by atoms with Gasteiger partial charge in [-0.1, -0.05) is 87.2 Å². The van der Waals surface area contributed by atoms with E-state index in [4.69, 9.17) is 9.47 Å². The molecule has 5 heteroatoms. The summed E-state index contributed by atoms with van der Waals surface area (Å²) in [7, 11) is 0. The van der Waals surface area contributed by atoms with Crippen LogP contribution in [0.15, 0.2) is 67.3 Å². The van der Waals surface area contributed by atoms with Gasteiger partial charge in [0.2, 0.25) is 0 Å². The third-order valence-corrected chi connectivity index (χ3v) is 7.25. The first kappa shape index (κ1) is 28.1. The number of unbranched alkanes of at least 4 members (excludes halogenated alkanes) is 4. The molecule has 1 aliphatic heterocycles. The van der Waals surface area contributed by atoms with E-state index in [2.05, 4.69) is 13.5 Å². The lowest BCUT2D eigenvalue weighted by Gasteiger charge is -2.29. The predicted octanol–water partition coefficient (Wildman–Crippen LogP) is 9.37. The Balaban J connectivity index is 1.41. The third kappa shape index (κ3) is 6.95. The van der Waals surface area contributed by atoms with Crippen molar-refractivity contribution in [2.24, 2.45) is 0 Å². The zero-order chi connectivity index (χ0) is 26.9. The van der Waals surface area contributed by atoms with Gasteiger partial charge in [0.25, 0.3) is 0 Å². The Labute approximate surface area is 224 Å². The number of ether oxygens (including phenoxy) is 2. The standard InChI is InChI=1S/C33H37F3O2/c1-3-5-7-8-9-10-25-16-19-29(33(36)32(25)35)24-14-12-23(13-15-24)26-17-18-28(30(34)20-26)27-21-37-31(38-22-27)11-6-4-2/h4,12-20,27,31H,2-3,5-11,21-22H2,1H3. The summed E-state index contributed by atoms with van der Waals surface area (Å²) in [6.45, 7) is 6.68. The zero-order valence-corrected chi connectivity index (χ0v) is 22.2. The smallest absolute Gasteiger partial charge is 0.166 e. The van der Waals surface area contributed by atoms with Gasteiger partial charge in [-0.2, -0.15) is 0 Å². The molecule has 1 aliphatic rings. The number of hydrogen-bond acceptors (Lipinski definition) is 2. The number of allylic oxidation sites excluding steroid dienone is 1. The first-order chi connectivity index (χ1) is 18.5. The summed E-state index contributed by atoms with van der Waals surface area (Å²) in [4.78, 5) is 0. The van der Waals surface area contributed by atoms with Crippen molar-refractivity contribution in [3.8, 4) is 22.3 Å². The van der Waals surface area contributed by atoms with E-state index >= 15 is 4.39 Å². The average Bonchev–Trinajstić information content (AvgIpc) is 2.94. The monoisotopic (exact) mass is 522 g/mol. The highest BCUT2D eigenvalue weighted by atomic mass is 19.2. The van der Waals surface area contributed by atoms with E-state index in [-0.39, 0.29) is 23.6 Å². The van der Waals surface area contributed by atoms with Gasteiger partial charge >= 0.3 is 0 Å². The third-order valence-electron chi connectivity index (χ3n) is 7.25. The van der Waals surface area contributed by atoms with Gasteiger partial charge in [0, 0.05) is 17.9 Å². The van der Waals surface area contributed by atoms with Crippen molar-refractivity contribution in [1.29, 1.82) is 0 Å². The van der Waals surface area contributed by atoms with Crippen LogP contribution in [0.4, 0.5) is 13.2 Å². The summed E-state index contributed by atoms with van der Waals surface area (Å²) in [5.74, 6) is -2.06. The van der Waals surface area contributed by atoms with E-state index in [0.717, 1.165) is 44.1 Å². The predicted molar refractivity (Wildman–Crippen MR) is 148 cm³/mol. The Morgan fingerprint density at radius 3 is 2.18 bits per heavy atom. The van der Waals surface area contributed by atoms with Crippen LogP contribution in [0.2, 0.25) is 0 Å². The Bertz CT molecular complexity index is 1200. The fourth-order valence-electron chi connectivity index (χ4n) is 4.95. The lowest BCUT2D eigenvalue weighted by Crippen LogP contribution is -2.31. The van der Waals surface area contributed by atoms with E-state index in [1.165, 1.54) is 12.5 Å². The van der Waals surface area contributed by atoms with Crippen LogP contribution in [-0.2, 0) is 15.9 Å². The molecule has 1 heterocycles. The summed E-state index contributed by atoms with van der Waals surface area (Å²) >= 11 is 0. The van der Waals surface area contributed by atoms with Crippen LogP contribution in [0, 0.1) is 17.5 Å². The lowest BCUT2D eigenvalue weighted by molar-refractivity contribution is -0.189. The fourth-order valence-corrected chi connectivity index (χ4v) is 4.95. The largest absolute Gasteiger partial charge is 0.352 e. The summed E-state index contributed by atoms with van der Waals surface area (Å²) < 4.78 is 56.2. The van der Waals surface area contributed by atoms with Crippen LogP contribution < -0.4 is 0 Å². The molecule has 3 aromatic carbocycles. The molecular formula is C33H37F3O2. The van der Waals surface area contributed by atoms with E-state index in [0.29, 0.717) is 41.9 Å². The van der Waals surface area contributed by atoms with E-state index in [1.54, 1.807) is 42.5 Å². The molecular weight excluding hydrogens is 485 g/mol. The molecule has 38 heavy (non-hydrogen) atoms. The molecule has 0 unspecified atom stereocenters. The fraction of sp³-hybridized carbons (Fsp3) is 0.394. The van der Waals surface area contributed by atoms with E-state index in [9.17, 15) is 8.78 Å². The van der Waals surface area contributed by atoms with Crippen LogP contribution in [0.5, 0.6) is 0 Å². The maximum Gasteiger partial charge on any atom is 0.166 e. The van der Waals surface area contributed by atoms with Gasteiger partial charge in [0.15, 0.2) is 17.9 Å². The summed E-state index contributed by atoms with van der Waals surface area (Å²) in [6.07, 6.45) is 8.98.